The standard InChI is InChI=1S/C27H35N3O6S/c1-16-22(25(32)36-27(2,3)4)23(19-10-7-11-20(33-5)24(19)34-6)30-17(15-37-26(30)29-16)13-21(31)28-14-18-9-8-12-35-18/h7,10-11,15,18,23H,8-9,12-14H2,1-6H3,(H,28,31)/t18-,23-/m1/s1. The van der Waals surface area contributed by atoms with E-state index in [0.717, 1.165) is 25.1 Å². The molecule has 9 nitrogen and oxygen atoms in total. The molecular formula is C27H35N3O6S. The summed E-state index contributed by atoms with van der Waals surface area (Å²) in [5, 5.41) is 5.58. The second-order valence-electron chi connectivity index (χ2n) is 10.1. The molecule has 0 unspecified atom stereocenters. The van der Waals surface area contributed by atoms with Crippen molar-refractivity contribution in [3.63, 3.8) is 0 Å². The fraction of sp³-hybridized carbons (Fsp3) is 0.519. The Hall–Kier alpha value is -2.98. The smallest absolute Gasteiger partial charge is 0.338 e. The first-order valence-corrected chi connectivity index (χ1v) is 13.3. The van der Waals surface area contributed by atoms with Gasteiger partial charge >= 0.3 is 5.97 Å². The number of hydrogen-bond donors (Lipinski definition) is 1. The van der Waals surface area contributed by atoms with E-state index in [1.807, 2.05) is 43.2 Å². The van der Waals surface area contributed by atoms with E-state index < -0.39 is 17.6 Å². The molecule has 1 aromatic rings. The van der Waals surface area contributed by atoms with Crippen molar-refractivity contribution in [2.45, 2.75) is 64.7 Å². The monoisotopic (exact) mass is 529 g/mol. The number of carbonyl (C=O) groups excluding carboxylic acids is 2. The number of nitrogens with zero attached hydrogens (tertiary/aromatic N) is 2. The highest BCUT2D eigenvalue weighted by Crippen LogP contribution is 2.48. The van der Waals surface area contributed by atoms with Crippen molar-refractivity contribution in [2.24, 2.45) is 4.99 Å². The van der Waals surface area contributed by atoms with Crippen molar-refractivity contribution in [1.29, 1.82) is 0 Å². The number of para-hydroxylation sites is 1. The van der Waals surface area contributed by atoms with Gasteiger partial charge in [0.1, 0.15) is 5.60 Å². The second-order valence-corrected chi connectivity index (χ2v) is 10.9. The molecule has 0 bridgehead atoms. The second kappa shape index (κ2) is 11.2. The van der Waals surface area contributed by atoms with E-state index in [-0.39, 0.29) is 18.4 Å². The fourth-order valence-corrected chi connectivity index (χ4v) is 5.61. The number of methoxy groups -OCH3 is 2. The lowest BCUT2D eigenvalue weighted by Crippen LogP contribution is -2.40. The van der Waals surface area contributed by atoms with Crippen LogP contribution in [-0.4, -0.2) is 61.0 Å². The molecule has 1 saturated heterocycles. The third-order valence-electron chi connectivity index (χ3n) is 6.24. The number of fused-ring (bicyclic) bond motifs is 1. The minimum atomic E-state index is -0.696. The summed E-state index contributed by atoms with van der Waals surface area (Å²) in [5.74, 6) is 0.452. The molecule has 0 aromatic heterocycles. The summed E-state index contributed by atoms with van der Waals surface area (Å²) in [6.07, 6.45) is 2.14. The molecule has 10 heteroatoms. The summed E-state index contributed by atoms with van der Waals surface area (Å²) < 4.78 is 22.7. The van der Waals surface area contributed by atoms with Crippen LogP contribution in [-0.2, 0) is 19.1 Å². The number of carbonyl (C=O) groups is 2. The summed E-state index contributed by atoms with van der Waals surface area (Å²) in [6, 6.07) is 4.92. The van der Waals surface area contributed by atoms with Gasteiger partial charge in [-0.15, -0.1) is 0 Å². The van der Waals surface area contributed by atoms with Gasteiger partial charge in [0.05, 0.1) is 44.1 Å². The summed E-state index contributed by atoms with van der Waals surface area (Å²) >= 11 is 1.42. The average Bonchev–Trinajstić information content (AvgIpc) is 3.50. The Bertz CT molecular complexity index is 1150. The zero-order valence-corrected chi connectivity index (χ0v) is 23.1. The number of amides is 1. The summed E-state index contributed by atoms with van der Waals surface area (Å²) in [7, 11) is 3.14. The van der Waals surface area contributed by atoms with Gasteiger partial charge in [0.25, 0.3) is 0 Å². The van der Waals surface area contributed by atoms with Crippen molar-refractivity contribution in [1.82, 2.24) is 10.2 Å². The molecule has 3 aliphatic rings. The number of nitrogens with one attached hydrogen (secondary N) is 1. The van der Waals surface area contributed by atoms with Crippen LogP contribution in [0, 0.1) is 0 Å². The van der Waals surface area contributed by atoms with Crippen molar-refractivity contribution < 1.29 is 28.5 Å². The van der Waals surface area contributed by atoms with Gasteiger partial charge in [0.2, 0.25) is 5.91 Å². The average molecular weight is 530 g/mol. The lowest BCUT2D eigenvalue weighted by molar-refractivity contribution is -0.150. The Morgan fingerprint density at radius 2 is 2.03 bits per heavy atom. The Morgan fingerprint density at radius 1 is 1.24 bits per heavy atom. The maximum atomic E-state index is 13.6. The number of rotatable bonds is 8. The van der Waals surface area contributed by atoms with Crippen molar-refractivity contribution >= 4 is 28.8 Å². The number of benzene rings is 1. The first-order chi connectivity index (χ1) is 17.6. The van der Waals surface area contributed by atoms with Gasteiger partial charge in [-0.1, -0.05) is 23.9 Å². The number of hydrogen-bond acceptors (Lipinski definition) is 9. The highest BCUT2D eigenvalue weighted by atomic mass is 32.2. The Morgan fingerprint density at radius 3 is 2.68 bits per heavy atom. The van der Waals surface area contributed by atoms with Gasteiger partial charge in [-0.3, -0.25) is 4.79 Å². The van der Waals surface area contributed by atoms with Gasteiger partial charge in [-0.25, -0.2) is 9.79 Å². The fourth-order valence-electron chi connectivity index (χ4n) is 4.65. The molecule has 1 aromatic carbocycles. The third kappa shape index (κ3) is 5.96. The molecule has 4 rings (SSSR count). The van der Waals surface area contributed by atoms with Gasteiger partial charge in [0, 0.05) is 24.4 Å². The first-order valence-electron chi connectivity index (χ1n) is 12.4. The predicted molar refractivity (Wildman–Crippen MR) is 142 cm³/mol. The van der Waals surface area contributed by atoms with Crippen molar-refractivity contribution in [3.8, 4) is 11.5 Å². The number of allylic oxidation sites excluding steroid dienone is 1. The molecule has 0 radical (unpaired) electrons. The van der Waals surface area contributed by atoms with Crippen LogP contribution >= 0.6 is 11.8 Å². The summed E-state index contributed by atoms with van der Waals surface area (Å²) in [5.41, 5.74) is 1.69. The molecule has 1 N–H and O–H groups in total. The largest absolute Gasteiger partial charge is 0.493 e. The number of esters is 1. The lowest BCUT2D eigenvalue weighted by Gasteiger charge is -2.37. The van der Waals surface area contributed by atoms with Gasteiger partial charge in [-0.2, -0.15) is 0 Å². The van der Waals surface area contributed by atoms with Crippen LogP contribution in [0.15, 0.2) is 45.6 Å². The lowest BCUT2D eigenvalue weighted by atomic mass is 9.92. The van der Waals surface area contributed by atoms with E-state index in [4.69, 9.17) is 23.9 Å². The Balaban J connectivity index is 1.71. The maximum absolute atomic E-state index is 13.6. The van der Waals surface area contributed by atoms with Crippen LogP contribution in [0.4, 0.5) is 0 Å². The van der Waals surface area contributed by atoms with Crippen LogP contribution < -0.4 is 14.8 Å². The highest BCUT2D eigenvalue weighted by molar-refractivity contribution is 8.16. The molecule has 200 valence electrons. The normalized spacial score (nSPS) is 21.3. The Kier molecular flexibility index (Phi) is 8.18. The molecule has 1 amide bonds. The highest BCUT2D eigenvalue weighted by Gasteiger charge is 2.43. The number of amidine groups is 1. The molecule has 3 heterocycles. The summed E-state index contributed by atoms with van der Waals surface area (Å²) in [6.45, 7) is 8.50. The quantitative estimate of drug-likeness (QED) is 0.498. The molecule has 1 fully saturated rings. The van der Waals surface area contributed by atoms with Crippen LogP contribution in [0.3, 0.4) is 0 Å². The van der Waals surface area contributed by atoms with E-state index in [0.29, 0.717) is 40.0 Å². The zero-order chi connectivity index (χ0) is 26.7. The molecule has 3 aliphatic heterocycles. The number of ether oxygens (including phenoxy) is 4. The van der Waals surface area contributed by atoms with E-state index >= 15 is 0 Å². The van der Waals surface area contributed by atoms with Gasteiger partial charge in [0.15, 0.2) is 16.7 Å². The molecular weight excluding hydrogens is 494 g/mol. The minimum Gasteiger partial charge on any atom is -0.493 e. The molecule has 37 heavy (non-hydrogen) atoms. The van der Waals surface area contributed by atoms with Crippen LogP contribution in [0.25, 0.3) is 0 Å². The maximum Gasteiger partial charge on any atom is 0.338 e. The molecule has 0 aliphatic carbocycles. The van der Waals surface area contributed by atoms with E-state index in [9.17, 15) is 9.59 Å². The van der Waals surface area contributed by atoms with Crippen molar-refractivity contribution in [3.05, 3.63) is 46.1 Å². The Labute approximate surface area is 222 Å². The molecule has 0 saturated carbocycles. The third-order valence-corrected chi connectivity index (χ3v) is 7.13. The molecule has 2 atom stereocenters. The van der Waals surface area contributed by atoms with Crippen LogP contribution in [0.2, 0.25) is 0 Å². The van der Waals surface area contributed by atoms with Crippen LogP contribution in [0.1, 0.15) is 58.6 Å². The van der Waals surface area contributed by atoms with Crippen molar-refractivity contribution in [2.75, 3.05) is 27.4 Å². The first kappa shape index (κ1) is 27.1. The van der Waals surface area contributed by atoms with E-state index in [1.165, 1.54) is 11.8 Å². The topological polar surface area (TPSA) is 98.7 Å². The zero-order valence-electron chi connectivity index (χ0n) is 22.3. The van der Waals surface area contributed by atoms with Gasteiger partial charge in [-0.05, 0) is 52.0 Å². The van der Waals surface area contributed by atoms with E-state index in [2.05, 4.69) is 5.32 Å². The van der Waals surface area contributed by atoms with E-state index in [1.54, 1.807) is 27.2 Å². The molecule has 0 spiro atoms. The SMILES string of the molecule is COc1cccc([C@@H]2C(C(=O)OC(C)(C)C)=C(C)N=C3SC=C(CC(=O)NC[C@H]4CCCO4)N32)c1OC. The van der Waals surface area contributed by atoms with Crippen LogP contribution in [0.5, 0.6) is 11.5 Å². The minimum absolute atomic E-state index is 0.0566. The predicted octanol–water partition coefficient (Wildman–Crippen LogP) is 4.31. The number of thioether (sulfide) groups is 1. The van der Waals surface area contributed by atoms with Gasteiger partial charge < -0.3 is 29.2 Å². The number of aliphatic imine (C=N–C) groups is 1. The summed E-state index contributed by atoms with van der Waals surface area (Å²) in [4.78, 5) is 33.2.